The average molecular weight is 388 g/mol. The SMILES string of the molecule is COc1cccc(-c2cncc([C@@H]3CCCN(C(=O)Cc4cccnc4)C3)n2)c1. The summed E-state index contributed by atoms with van der Waals surface area (Å²) in [4.78, 5) is 28.1. The van der Waals surface area contributed by atoms with Crippen LogP contribution in [-0.2, 0) is 11.2 Å². The minimum atomic E-state index is 0.139. The Bertz CT molecular complexity index is 977. The van der Waals surface area contributed by atoms with Crippen LogP contribution in [0, 0.1) is 0 Å². The molecule has 1 aliphatic heterocycles. The number of nitrogens with zero attached hydrogens (tertiary/aromatic N) is 4. The molecule has 1 atom stereocenters. The Hall–Kier alpha value is -3.28. The van der Waals surface area contributed by atoms with E-state index in [4.69, 9.17) is 9.72 Å². The lowest BCUT2D eigenvalue weighted by Gasteiger charge is -2.32. The minimum absolute atomic E-state index is 0.139. The summed E-state index contributed by atoms with van der Waals surface area (Å²) in [5.74, 6) is 1.12. The summed E-state index contributed by atoms with van der Waals surface area (Å²) in [7, 11) is 1.65. The molecule has 1 aliphatic rings. The summed E-state index contributed by atoms with van der Waals surface area (Å²) in [6.07, 6.45) is 9.43. The Morgan fingerprint density at radius 3 is 2.93 bits per heavy atom. The molecule has 1 aromatic carbocycles. The van der Waals surface area contributed by atoms with E-state index in [0.717, 1.165) is 47.7 Å². The number of ether oxygens (including phenoxy) is 1. The van der Waals surface area contributed by atoms with Gasteiger partial charge in [0.1, 0.15) is 5.75 Å². The van der Waals surface area contributed by atoms with Crippen molar-refractivity contribution >= 4 is 5.91 Å². The van der Waals surface area contributed by atoms with Crippen molar-refractivity contribution in [1.82, 2.24) is 19.9 Å². The van der Waals surface area contributed by atoms with Gasteiger partial charge in [0.15, 0.2) is 0 Å². The molecule has 0 N–H and O–H groups in total. The molecular weight excluding hydrogens is 364 g/mol. The van der Waals surface area contributed by atoms with Crippen molar-refractivity contribution in [3.05, 3.63) is 72.4 Å². The topological polar surface area (TPSA) is 68.2 Å². The van der Waals surface area contributed by atoms with Gasteiger partial charge in [-0.1, -0.05) is 18.2 Å². The Kier molecular flexibility index (Phi) is 5.79. The third-order valence-electron chi connectivity index (χ3n) is 5.29. The first-order valence-corrected chi connectivity index (χ1v) is 9.86. The molecule has 1 amide bonds. The molecule has 0 unspecified atom stereocenters. The van der Waals surface area contributed by atoms with Crippen molar-refractivity contribution in [3.63, 3.8) is 0 Å². The van der Waals surface area contributed by atoms with E-state index in [1.165, 1.54) is 0 Å². The fourth-order valence-corrected chi connectivity index (χ4v) is 3.73. The molecule has 29 heavy (non-hydrogen) atoms. The van der Waals surface area contributed by atoms with Crippen molar-refractivity contribution in [1.29, 1.82) is 0 Å². The molecule has 3 heterocycles. The molecule has 6 heteroatoms. The fourth-order valence-electron chi connectivity index (χ4n) is 3.73. The Labute approximate surface area is 170 Å². The summed E-state index contributed by atoms with van der Waals surface area (Å²) in [6.45, 7) is 1.47. The average Bonchev–Trinajstić information content (AvgIpc) is 2.80. The third kappa shape index (κ3) is 4.59. The van der Waals surface area contributed by atoms with E-state index in [2.05, 4.69) is 9.97 Å². The zero-order valence-electron chi connectivity index (χ0n) is 16.5. The first-order chi connectivity index (χ1) is 14.2. The summed E-state index contributed by atoms with van der Waals surface area (Å²) in [5.41, 5.74) is 3.67. The number of pyridine rings is 1. The number of carbonyl (C=O) groups excluding carboxylic acids is 1. The molecular formula is C23H24N4O2. The lowest BCUT2D eigenvalue weighted by atomic mass is 9.94. The smallest absolute Gasteiger partial charge is 0.227 e. The lowest BCUT2D eigenvalue weighted by Crippen LogP contribution is -2.40. The third-order valence-corrected chi connectivity index (χ3v) is 5.29. The highest BCUT2D eigenvalue weighted by molar-refractivity contribution is 5.78. The Morgan fingerprint density at radius 1 is 1.17 bits per heavy atom. The number of piperidine rings is 1. The normalized spacial score (nSPS) is 16.4. The second-order valence-corrected chi connectivity index (χ2v) is 7.28. The van der Waals surface area contributed by atoms with Crippen LogP contribution >= 0.6 is 0 Å². The van der Waals surface area contributed by atoms with E-state index in [-0.39, 0.29) is 11.8 Å². The highest BCUT2D eigenvalue weighted by Crippen LogP contribution is 2.28. The quantitative estimate of drug-likeness (QED) is 0.669. The van der Waals surface area contributed by atoms with Crippen LogP contribution in [0.2, 0.25) is 0 Å². The molecule has 6 nitrogen and oxygen atoms in total. The maximum absolute atomic E-state index is 12.8. The number of likely N-dealkylation sites (tertiary alicyclic amines) is 1. The largest absolute Gasteiger partial charge is 0.497 e. The number of aromatic nitrogens is 3. The number of methoxy groups -OCH3 is 1. The molecule has 0 spiro atoms. The van der Waals surface area contributed by atoms with Gasteiger partial charge in [0.2, 0.25) is 5.91 Å². The van der Waals surface area contributed by atoms with Gasteiger partial charge in [-0.15, -0.1) is 0 Å². The van der Waals surface area contributed by atoms with Crippen LogP contribution in [0.4, 0.5) is 0 Å². The van der Waals surface area contributed by atoms with Gasteiger partial charge in [-0.25, -0.2) is 4.98 Å². The second-order valence-electron chi connectivity index (χ2n) is 7.28. The van der Waals surface area contributed by atoms with Crippen LogP contribution < -0.4 is 4.74 Å². The molecule has 0 radical (unpaired) electrons. The van der Waals surface area contributed by atoms with Crippen LogP contribution in [0.1, 0.15) is 30.0 Å². The van der Waals surface area contributed by atoms with Crippen LogP contribution in [0.5, 0.6) is 5.75 Å². The minimum Gasteiger partial charge on any atom is -0.497 e. The van der Waals surface area contributed by atoms with Crippen LogP contribution in [0.15, 0.2) is 61.2 Å². The molecule has 3 aromatic rings. The molecule has 4 rings (SSSR count). The van der Waals surface area contributed by atoms with E-state index in [9.17, 15) is 4.79 Å². The second kappa shape index (κ2) is 8.82. The molecule has 2 aromatic heterocycles. The highest BCUT2D eigenvalue weighted by atomic mass is 16.5. The van der Waals surface area contributed by atoms with Gasteiger partial charge < -0.3 is 9.64 Å². The van der Waals surface area contributed by atoms with Gasteiger partial charge in [0.05, 0.1) is 31.1 Å². The van der Waals surface area contributed by atoms with Crippen molar-refractivity contribution in [2.45, 2.75) is 25.2 Å². The number of benzene rings is 1. The van der Waals surface area contributed by atoms with Crippen molar-refractivity contribution in [3.8, 4) is 17.0 Å². The van der Waals surface area contributed by atoms with Crippen molar-refractivity contribution < 1.29 is 9.53 Å². The lowest BCUT2D eigenvalue weighted by molar-refractivity contribution is -0.131. The van der Waals surface area contributed by atoms with Crippen molar-refractivity contribution in [2.24, 2.45) is 0 Å². The van der Waals surface area contributed by atoms with Crippen LogP contribution in [0.25, 0.3) is 11.3 Å². The van der Waals surface area contributed by atoms with Crippen LogP contribution in [0.3, 0.4) is 0 Å². The fraction of sp³-hybridized carbons (Fsp3) is 0.304. The first kappa shape index (κ1) is 19.1. The number of amides is 1. The maximum atomic E-state index is 12.8. The molecule has 0 saturated carbocycles. The number of hydrogen-bond donors (Lipinski definition) is 0. The zero-order chi connectivity index (χ0) is 20.1. The van der Waals surface area contributed by atoms with E-state index in [1.54, 1.807) is 25.7 Å². The number of hydrogen-bond acceptors (Lipinski definition) is 5. The molecule has 0 bridgehead atoms. The van der Waals surface area contributed by atoms with Gasteiger partial charge in [-0.05, 0) is 36.6 Å². The molecule has 1 fully saturated rings. The molecule has 0 aliphatic carbocycles. The Morgan fingerprint density at radius 2 is 2.10 bits per heavy atom. The molecule has 148 valence electrons. The predicted octanol–water partition coefficient (Wildman–Crippen LogP) is 3.50. The monoisotopic (exact) mass is 388 g/mol. The van der Waals surface area contributed by atoms with Gasteiger partial charge >= 0.3 is 0 Å². The maximum Gasteiger partial charge on any atom is 0.227 e. The Balaban J connectivity index is 1.49. The van der Waals surface area contributed by atoms with Crippen molar-refractivity contribution in [2.75, 3.05) is 20.2 Å². The standard InChI is InChI=1S/C23H24N4O2/c1-29-20-8-2-6-18(12-20)21-14-25-15-22(26-21)19-7-4-10-27(16-19)23(28)11-17-5-3-9-24-13-17/h2-3,5-6,8-9,12-15,19H,4,7,10-11,16H2,1H3/t19-/m1/s1. The van der Waals surface area contributed by atoms with Gasteiger partial charge in [0, 0.05) is 43.2 Å². The summed E-state index contributed by atoms with van der Waals surface area (Å²) < 4.78 is 5.32. The number of carbonyl (C=O) groups is 1. The summed E-state index contributed by atoms with van der Waals surface area (Å²) >= 11 is 0. The summed E-state index contributed by atoms with van der Waals surface area (Å²) in [6, 6.07) is 11.6. The van der Waals surface area contributed by atoms with Gasteiger partial charge in [-0.3, -0.25) is 14.8 Å². The van der Waals surface area contributed by atoms with Gasteiger partial charge in [0.25, 0.3) is 0 Å². The highest BCUT2D eigenvalue weighted by Gasteiger charge is 2.26. The predicted molar refractivity (Wildman–Crippen MR) is 111 cm³/mol. The van der Waals surface area contributed by atoms with Gasteiger partial charge in [-0.2, -0.15) is 0 Å². The summed E-state index contributed by atoms with van der Waals surface area (Å²) in [5, 5.41) is 0. The number of rotatable bonds is 5. The van der Waals surface area contributed by atoms with E-state index in [0.29, 0.717) is 13.0 Å². The zero-order valence-corrected chi connectivity index (χ0v) is 16.5. The first-order valence-electron chi connectivity index (χ1n) is 9.86. The van der Waals surface area contributed by atoms with E-state index < -0.39 is 0 Å². The molecule has 1 saturated heterocycles. The van der Waals surface area contributed by atoms with E-state index >= 15 is 0 Å². The van der Waals surface area contributed by atoms with E-state index in [1.807, 2.05) is 47.5 Å². The van der Waals surface area contributed by atoms with Crippen LogP contribution in [-0.4, -0.2) is 46.0 Å².